The highest BCUT2D eigenvalue weighted by molar-refractivity contribution is 5.74. The van der Waals surface area contributed by atoms with Crippen molar-refractivity contribution in [2.75, 3.05) is 18.0 Å². The van der Waals surface area contributed by atoms with Crippen LogP contribution in [-0.2, 0) is 4.79 Å². The summed E-state index contributed by atoms with van der Waals surface area (Å²) in [5.74, 6) is -1.22. The Balaban J connectivity index is 2.14. The topological polar surface area (TPSA) is 66.6 Å². The van der Waals surface area contributed by atoms with Crippen LogP contribution in [0.1, 0.15) is 18.1 Å². The van der Waals surface area contributed by atoms with Gasteiger partial charge in [-0.1, -0.05) is 12.1 Å². The molecule has 0 saturated heterocycles. The lowest BCUT2D eigenvalue weighted by Crippen LogP contribution is -2.32. The van der Waals surface area contributed by atoms with E-state index in [1.807, 2.05) is 0 Å². The van der Waals surface area contributed by atoms with Gasteiger partial charge in [0.1, 0.15) is 11.6 Å². The second-order valence-corrected chi connectivity index (χ2v) is 5.21. The van der Waals surface area contributed by atoms with Crippen molar-refractivity contribution in [2.45, 2.75) is 12.5 Å². The predicted octanol–water partition coefficient (Wildman–Crippen LogP) is 2.38. The molecule has 0 fully saturated rings. The van der Waals surface area contributed by atoms with Gasteiger partial charge in [0.15, 0.2) is 0 Å². The van der Waals surface area contributed by atoms with E-state index in [-0.39, 0.29) is 24.6 Å². The summed E-state index contributed by atoms with van der Waals surface area (Å²) in [6.07, 6.45) is -0.776. The van der Waals surface area contributed by atoms with E-state index in [2.05, 4.69) is 0 Å². The summed E-state index contributed by atoms with van der Waals surface area (Å²) in [4.78, 5) is 12.7. The second-order valence-electron chi connectivity index (χ2n) is 5.21. The number of aliphatic hydroxyl groups is 1. The van der Waals surface area contributed by atoms with Crippen LogP contribution in [0.5, 0.6) is 0 Å². The molecule has 3 N–H and O–H groups in total. The fourth-order valence-electron chi connectivity index (χ4n) is 2.22. The van der Waals surface area contributed by atoms with Crippen molar-refractivity contribution in [1.82, 2.24) is 0 Å². The molecule has 122 valence electrons. The zero-order chi connectivity index (χ0) is 16.8. The van der Waals surface area contributed by atoms with Crippen LogP contribution >= 0.6 is 0 Å². The molecule has 4 nitrogen and oxygen atoms in total. The fraction of sp³-hybridized carbons (Fsp3) is 0.235. The molecular weight excluding hydrogens is 302 g/mol. The van der Waals surface area contributed by atoms with E-state index < -0.39 is 12.0 Å². The molecule has 0 aliphatic rings. The van der Waals surface area contributed by atoms with Gasteiger partial charge in [-0.3, -0.25) is 4.79 Å². The lowest BCUT2D eigenvalue weighted by Gasteiger charge is -2.27. The van der Waals surface area contributed by atoms with Crippen molar-refractivity contribution in [3.05, 3.63) is 65.7 Å². The molecule has 1 amide bonds. The number of amides is 1. The van der Waals surface area contributed by atoms with Crippen LogP contribution in [0.15, 0.2) is 48.5 Å². The first-order chi connectivity index (χ1) is 11.0. The van der Waals surface area contributed by atoms with Crippen molar-refractivity contribution in [2.24, 2.45) is 5.73 Å². The summed E-state index contributed by atoms with van der Waals surface area (Å²) in [6.45, 7) is 0.462. The summed E-state index contributed by atoms with van der Waals surface area (Å²) in [5, 5.41) is 10.3. The van der Waals surface area contributed by atoms with Crippen LogP contribution in [-0.4, -0.2) is 24.1 Å². The van der Waals surface area contributed by atoms with Crippen LogP contribution in [0.4, 0.5) is 14.5 Å². The number of benzene rings is 2. The number of rotatable bonds is 7. The maximum atomic E-state index is 13.1. The van der Waals surface area contributed by atoms with Crippen molar-refractivity contribution in [3.8, 4) is 0 Å². The highest BCUT2D eigenvalue weighted by Gasteiger charge is 2.15. The van der Waals surface area contributed by atoms with Crippen LogP contribution in [0.3, 0.4) is 0 Å². The van der Waals surface area contributed by atoms with Crippen molar-refractivity contribution in [3.63, 3.8) is 0 Å². The predicted molar refractivity (Wildman–Crippen MR) is 83.8 cm³/mol. The standard InChI is InChI=1S/C17H18F2N2O2/c18-13-3-1-12(2-4-13)16(22)11-21(10-9-17(20)23)15-7-5-14(19)6-8-15/h1-8,16,22H,9-11H2,(H2,20,23). The smallest absolute Gasteiger partial charge is 0.219 e. The van der Waals surface area contributed by atoms with Gasteiger partial charge < -0.3 is 15.7 Å². The van der Waals surface area contributed by atoms with Gasteiger partial charge in [0.05, 0.1) is 6.10 Å². The number of primary amides is 1. The number of aliphatic hydroxyl groups excluding tert-OH is 1. The zero-order valence-electron chi connectivity index (χ0n) is 12.5. The number of carbonyl (C=O) groups excluding carboxylic acids is 1. The summed E-state index contributed by atoms with van der Waals surface area (Å²) in [5.41, 5.74) is 6.39. The molecule has 0 aliphatic heterocycles. The van der Waals surface area contributed by atoms with Gasteiger partial charge in [-0.05, 0) is 42.0 Å². The normalized spacial score (nSPS) is 12.0. The number of halogens is 2. The SMILES string of the molecule is NC(=O)CCN(CC(O)c1ccc(F)cc1)c1ccc(F)cc1. The van der Waals surface area contributed by atoms with Crippen molar-refractivity contribution < 1.29 is 18.7 Å². The van der Waals surface area contributed by atoms with E-state index >= 15 is 0 Å². The molecule has 0 aliphatic carbocycles. The molecule has 1 unspecified atom stereocenters. The van der Waals surface area contributed by atoms with Crippen LogP contribution in [0.25, 0.3) is 0 Å². The van der Waals surface area contributed by atoms with E-state index in [0.29, 0.717) is 17.8 Å². The largest absolute Gasteiger partial charge is 0.387 e. The maximum Gasteiger partial charge on any atom is 0.219 e. The van der Waals surface area contributed by atoms with Gasteiger partial charge in [-0.2, -0.15) is 0 Å². The summed E-state index contributed by atoms with van der Waals surface area (Å²) in [7, 11) is 0. The average molecular weight is 320 g/mol. The third-order valence-electron chi connectivity index (χ3n) is 3.47. The van der Waals surface area contributed by atoms with Crippen LogP contribution in [0.2, 0.25) is 0 Å². The molecule has 0 bridgehead atoms. The third-order valence-corrected chi connectivity index (χ3v) is 3.47. The molecule has 0 aromatic heterocycles. The lowest BCUT2D eigenvalue weighted by molar-refractivity contribution is -0.117. The van der Waals surface area contributed by atoms with Crippen molar-refractivity contribution in [1.29, 1.82) is 0 Å². The Kier molecular flexibility index (Phi) is 5.65. The Labute approximate surface area is 133 Å². The van der Waals surface area contributed by atoms with Gasteiger partial charge in [-0.25, -0.2) is 8.78 Å². The molecule has 0 heterocycles. The quantitative estimate of drug-likeness (QED) is 0.823. The fourth-order valence-corrected chi connectivity index (χ4v) is 2.22. The Morgan fingerprint density at radius 1 is 1.04 bits per heavy atom. The van der Waals surface area contributed by atoms with E-state index in [1.165, 1.54) is 36.4 Å². The minimum absolute atomic E-state index is 0.105. The Bertz CT molecular complexity index is 645. The Hall–Kier alpha value is -2.47. The van der Waals surface area contributed by atoms with Crippen LogP contribution < -0.4 is 10.6 Å². The molecule has 0 saturated carbocycles. The number of hydrogen-bond acceptors (Lipinski definition) is 3. The van der Waals surface area contributed by atoms with E-state index in [0.717, 1.165) is 0 Å². The summed E-state index contributed by atoms with van der Waals surface area (Å²) >= 11 is 0. The van der Waals surface area contributed by atoms with Gasteiger partial charge in [0.25, 0.3) is 0 Å². The molecule has 2 aromatic rings. The first-order valence-corrected chi connectivity index (χ1v) is 7.18. The highest BCUT2D eigenvalue weighted by atomic mass is 19.1. The first kappa shape index (κ1) is 16.9. The number of anilines is 1. The molecule has 0 radical (unpaired) electrons. The van der Waals surface area contributed by atoms with Crippen molar-refractivity contribution >= 4 is 11.6 Å². The van der Waals surface area contributed by atoms with Gasteiger partial charge in [0, 0.05) is 25.2 Å². The highest BCUT2D eigenvalue weighted by Crippen LogP contribution is 2.21. The second kappa shape index (κ2) is 7.69. The van der Waals surface area contributed by atoms with Crippen LogP contribution in [0, 0.1) is 11.6 Å². The van der Waals surface area contributed by atoms with Gasteiger partial charge in [-0.15, -0.1) is 0 Å². The number of hydrogen-bond donors (Lipinski definition) is 2. The molecule has 0 spiro atoms. The molecule has 1 atom stereocenters. The minimum atomic E-state index is -0.881. The first-order valence-electron chi connectivity index (χ1n) is 7.18. The molecule has 23 heavy (non-hydrogen) atoms. The Morgan fingerprint density at radius 2 is 1.57 bits per heavy atom. The van der Waals surface area contributed by atoms with Gasteiger partial charge in [0.2, 0.25) is 5.91 Å². The number of nitrogens with zero attached hydrogens (tertiary/aromatic N) is 1. The number of nitrogens with two attached hydrogens (primary N) is 1. The molecule has 2 rings (SSSR count). The molecular formula is C17H18F2N2O2. The summed E-state index contributed by atoms with van der Waals surface area (Å²) < 4.78 is 26.0. The molecule has 2 aromatic carbocycles. The molecule has 6 heteroatoms. The minimum Gasteiger partial charge on any atom is -0.387 e. The third kappa shape index (κ3) is 5.03. The average Bonchev–Trinajstić information content (AvgIpc) is 2.52. The monoisotopic (exact) mass is 320 g/mol. The van der Waals surface area contributed by atoms with E-state index in [4.69, 9.17) is 5.73 Å². The lowest BCUT2D eigenvalue weighted by atomic mass is 10.1. The van der Waals surface area contributed by atoms with E-state index in [1.54, 1.807) is 17.0 Å². The van der Waals surface area contributed by atoms with E-state index in [9.17, 15) is 18.7 Å². The number of carbonyl (C=O) groups is 1. The Morgan fingerprint density at radius 3 is 2.09 bits per heavy atom. The zero-order valence-corrected chi connectivity index (χ0v) is 12.5. The summed E-state index contributed by atoms with van der Waals surface area (Å²) in [6, 6.07) is 11.3. The maximum absolute atomic E-state index is 13.1. The van der Waals surface area contributed by atoms with Gasteiger partial charge >= 0.3 is 0 Å².